The van der Waals surface area contributed by atoms with E-state index in [-0.39, 0.29) is 12.2 Å². The maximum absolute atomic E-state index is 12.1. The van der Waals surface area contributed by atoms with Crippen LogP contribution in [0.25, 0.3) is 0 Å². The number of piperidine rings is 1. The standard InChI is InChI=1S/C20H22Cl2N2O3/c21-15-4-5-19(17(22)7-15)27-12-16(25)11-23-8-13-6-14(10-23)18-2-1-3-20(26)24(18)9-13/h1-5,7,13-14,16,25H,6,8-12H2/t13-,14-,16+/m1/s1. The van der Waals surface area contributed by atoms with Crippen LogP contribution >= 0.6 is 23.2 Å². The second kappa shape index (κ2) is 7.84. The van der Waals surface area contributed by atoms with Crippen LogP contribution in [0.1, 0.15) is 18.0 Å². The Hall–Kier alpha value is -1.53. The molecule has 1 aromatic heterocycles. The fraction of sp³-hybridized carbons (Fsp3) is 0.450. The summed E-state index contributed by atoms with van der Waals surface area (Å²) in [4.78, 5) is 14.4. The van der Waals surface area contributed by atoms with Gasteiger partial charge in [0.05, 0.1) is 5.02 Å². The number of likely N-dealkylation sites (tertiary alicyclic amines) is 1. The van der Waals surface area contributed by atoms with E-state index in [1.807, 2.05) is 16.7 Å². The summed E-state index contributed by atoms with van der Waals surface area (Å²) in [6.45, 7) is 3.20. The fourth-order valence-corrected chi connectivity index (χ4v) is 4.74. The fourth-order valence-electron chi connectivity index (χ4n) is 4.27. The highest BCUT2D eigenvalue weighted by Gasteiger charge is 2.34. The summed E-state index contributed by atoms with van der Waals surface area (Å²) < 4.78 is 7.56. The molecule has 2 aliphatic heterocycles. The Morgan fingerprint density at radius 2 is 2.04 bits per heavy atom. The van der Waals surface area contributed by atoms with Gasteiger partial charge in [-0.2, -0.15) is 0 Å². The van der Waals surface area contributed by atoms with E-state index in [1.165, 1.54) is 0 Å². The Bertz CT molecular complexity index is 886. The van der Waals surface area contributed by atoms with Crippen LogP contribution in [0.15, 0.2) is 41.2 Å². The molecule has 4 rings (SSSR count). The highest BCUT2D eigenvalue weighted by Crippen LogP contribution is 2.35. The van der Waals surface area contributed by atoms with E-state index in [0.29, 0.717) is 34.2 Å². The molecule has 7 heteroatoms. The zero-order chi connectivity index (χ0) is 19.0. The molecule has 0 spiro atoms. The van der Waals surface area contributed by atoms with Crippen LogP contribution < -0.4 is 10.3 Å². The SMILES string of the molecule is O=c1cccc2n1C[C@@H]1C[C@@H]2CN(C[C@H](O)COc2ccc(Cl)cc2Cl)C1. The second-order valence-electron chi connectivity index (χ2n) is 7.46. The van der Waals surface area contributed by atoms with Gasteiger partial charge >= 0.3 is 0 Å². The lowest BCUT2D eigenvalue weighted by molar-refractivity contribution is 0.0384. The first-order valence-electron chi connectivity index (χ1n) is 9.17. The van der Waals surface area contributed by atoms with E-state index in [0.717, 1.165) is 31.7 Å². The van der Waals surface area contributed by atoms with Crippen molar-refractivity contribution in [1.82, 2.24) is 9.47 Å². The zero-order valence-corrected chi connectivity index (χ0v) is 16.4. The number of hydrogen-bond donors (Lipinski definition) is 1. The largest absolute Gasteiger partial charge is 0.489 e. The van der Waals surface area contributed by atoms with E-state index in [2.05, 4.69) is 4.90 Å². The number of aliphatic hydroxyl groups is 1. The number of fused-ring (bicyclic) bond motifs is 4. The predicted molar refractivity (Wildman–Crippen MR) is 106 cm³/mol. The van der Waals surface area contributed by atoms with Gasteiger partial charge in [-0.15, -0.1) is 0 Å². The molecule has 0 unspecified atom stereocenters. The highest BCUT2D eigenvalue weighted by atomic mass is 35.5. The average molecular weight is 409 g/mol. The molecule has 2 aromatic rings. The van der Waals surface area contributed by atoms with Gasteiger partial charge in [-0.05, 0) is 36.6 Å². The predicted octanol–water partition coefficient (Wildman–Crippen LogP) is 3.01. The van der Waals surface area contributed by atoms with Crippen LogP contribution in [0, 0.1) is 5.92 Å². The summed E-state index contributed by atoms with van der Waals surface area (Å²) in [6.07, 6.45) is 0.487. The first kappa shape index (κ1) is 18.8. The van der Waals surface area contributed by atoms with Crippen molar-refractivity contribution in [2.24, 2.45) is 5.92 Å². The zero-order valence-electron chi connectivity index (χ0n) is 14.9. The van der Waals surface area contributed by atoms with Gasteiger partial charge in [-0.3, -0.25) is 9.69 Å². The Morgan fingerprint density at radius 3 is 2.85 bits per heavy atom. The number of nitrogens with zero attached hydrogens (tertiary/aromatic N) is 2. The molecule has 0 radical (unpaired) electrons. The summed E-state index contributed by atoms with van der Waals surface area (Å²) in [6, 6.07) is 10.6. The number of halogens is 2. The van der Waals surface area contributed by atoms with Crippen molar-refractivity contribution in [3.05, 3.63) is 62.5 Å². The van der Waals surface area contributed by atoms with Crippen molar-refractivity contribution in [3.8, 4) is 5.75 Å². The van der Waals surface area contributed by atoms with Crippen LogP contribution in [0.2, 0.25) is 10.0 Å². The van der Waals surface area contributed by atoms with Crippen molar-refractivity contribution < 1.29 is 9.84 Å². The van der Waals surface area contributed by atoms with Gasteiger partial charge in [0.2, 0.25) is 0 Å². The number of aliphatic hydroxyl groups excluding tert-OH is 1. The van der Waals surface area contributed by atoms with Crippen LogP contribution in [-0.2, 0) is 6.54 Å². The van der Waals surface area contributed by atoms with E-state index in [9.17, 15) is 9.90 Å². The Balaban J connectivity index is 1.36. The molecule has 5 nitrogen and oxygen atoms in total. The number of β-amino-alcohol motifs (C(OH)–C–C–N with tert-alkyl or cyclic N) is 1. The topological polar surface area (TPSA) is 54.7 Å². The summed E-state index contributed by atoms with van der Waals surface area (Å²) in [5, 5.41) is 11.4. The Labute approximate surface area is 168 Å². The van der Waals surface area contributed by atoms with Crippen molar-refractivity contribution in [3.63, 3.8) is 0 Å². The minimum atomic E-state index is -0.617. The minimum absolute atomic E-state index is 0.0870. The molecule has 0 amide bonds. The normalized spacial score (nSPS) is 22.9. The third-order valence-corrected chi connectivity index (χ3v) is 5.88. The third kappa shape index (κ3) is 4.16. The van der Waals surface area contributed by atoms with Crippen molar-refractivity contribution in [1.29, 1.82) is 0 Å². The molecule has 1 fully saturated rings. The smallest absolute Gasteiger partial charge is 0.250 e. The molecule has 3 heterocycles. The van der Waals surface area contributed by atoms with Gasteiger partial charge in [0, 0.05) is 48.9 Å². The molecule has 1 N–H and O–H groups in total. The van der Waals surface area contributed by atoms with E-state index >= 15 is 0 Å². The quantitative estimate of drug-likeness (QED) is 0.825. The van der Waals surface area contributed by atoms with Gasteiger partial charge < -0.3 is 14.4 Å². The lowest BCUT2D eigenvalue weighted by Gasteiger charge is -2.43. The van der Waals surface area contributed by atoms with Gasteiger partial charge in [0.1, 0.15) is 18.5 Å². The number of rotatable bonds is 5. The summed E-state index contributed by atoms with van der Waals surface area (Å²) >= 11 is 12.0. The molecule has 1 aromatic carbocycles. The van der Waals surface area contributed by atoms with Crippen LogP contribution in [0.4, 0.5) is 0 Å². The van der Waals surface area contributed by atoms with Crippen LogP contribution in [0.3, 0.4) is 0 Å². The maximum atomic E-state index is 12.1. The van der Waals surface area contributed by atoms with Gasteiger partial charge in [-0.25, -0.2) is 0 Å². The number of pyridine rings is 1. The summed E-state index contributed by atoms with van der Waals surface area (Å²) in [5.41, 5.74) is 1.20. The number of benzene rings is 1. The maximum Gasteiger partial charge on any atom is 0.250 e. The molecule has 0 aliphatic carbocycles. The van der Waals surface area contributed by atoms with Gasteiger partial charge in [0.25, 0.3) is 5.56 Å². The average Bonchev–Trinajstić information content (AvgIpc) is 2.62. The van der Waals surface area contributed by atoms with E-state index in [1.54, 1.807) is 24.3 Å². The molecule has 144 valence electrons. The number of ether oxygens (including phenoxy) is 1. The molecular formula is C20H22Cl2N2O3. The van der Waals surface area contributed by atoms with Crippen LogP contribution in [0.5, 0.6) is 5.75 Å². The lowest BCUT2D eigenvalue weighted by atomic mass is 9.83. The number of hydrogen-bond acceptors (Lipinski definition) is 4. The van der Waals surface area contributed by atoms with Gasteiger partial charge in [0.15, 0.2) is 0 Å². The van der Waals surface area contributed by atoms with Crippen molar-refractivity contribution in [2.45, 2.75) is 25.0 Å². The molecule has 2 bridgehead atoms. The third-order valence-electron chi connectivity index (χ3n) is 5.35. The molecule has 0 saturated carbocycles. The molecule has 1 saturated heterocycles. The molecule has 2 aliphatic rings. The monoisotopic (exact) mass is 408 g/mol. The molecule has 3 atom stereocenters. The lowest BCUT2D eigenvalue weighted by Crippen LogP contribution is -2.49. The summed E-state index contributed by atoms with van der Waals surface area (Å²) in [7, 11) is 0. The highest BCUT2D eigenvalue weighted by molar-refractivity contribution is 6.35. The van der Waals surface area contributed by atoms with E-state index < -0.39 is 6.10 Å². The Kier molecular flexibility index (Phi) is 5.46. The molecule has 27 heavy (non-hydrogen) atoms. The van der Waals surface area contributed by atoms with Crippen molar-refractivity contribution >= 4 is 23.2 Å². The first-order chi connectivity index (χ1) is 13.0. The summed E-state index contributed by atoms with van der Waals surface area (Å²) in [5.74, 6) is 1.30. The second-order valence-corrected chi connectivity index (χ2v) is 8.30. The first-order valence-corrected chi connectivity index (χ1v) is 9.93. The number of aromatic nitrogens is 1. The van der Waals surface area contributed by atoms with Crippen molar-refractivity contribution in [2.75, 3.05) is 26.2 Å². The van der Waals surface area contributed by atoms with Crippen LogP contribution in [-0.4, -0.2) is 46.9 Å². The van der Waals surface area contributed by atoms with E-state index in [4.69, 9.17) is 27.9 Å². The van der Waals surface area contributed by atoms with Gasteiger partial charge in [-0.1, -0.05) is 29.3 Å². The Morgan fingerprint density at radius 1 is 1.19 bits per heavy atom. The minimum Gasteiger partial charge on any atom is -0.489 e. The molecular weight excluding hydrogens is 387 g/mol.